The Hall–Kier alpha value is -3.55. The number of Topliss-reactive ketones (excluding diaryl/α,β-unsaturated/α-hetero) is 1. The zero-order chi connectivity index (χ0) is 17.7. The van der Waals surface area contributed by atoms with Crippen LogP contribution in [-0.4, -0.2) is 22.5 Å². The van der Waals surface area contributed by atoms with E-state index >= 15 is 0 Å². The fourth-order valence-corrected chi connectivity index (χ4v) is 1.86. The predicted octanol–water partition coefficient (Wildman–Crippen LogP) is 2.37. The highest BCUT2D eigenvalue weighted by molar-refractivity contribution is 6.43. The number of anilines is 2. The van der Waals surface area contributed by atoms with Crippen molar-refractivity contribution >= 4 is 34.7 Å². The summed E-state index contributed by atoms with van der Waals surface area (Å²) in [5, 5.41) is 15.3. The molecule has 0 atom stereocenters. The summed E-state index contributed by atoms with van der Waals surface area (Å²) in [4.78, 5) is 44.9. The molecule has 0 aromatic heterocycles. The maximum Gasteiger partial charge on any atom is 0.314 e. The first-order valence-corrected chi connectivity index (χ1v) is 6.84. The lowest BCUT2D eigenvalue weighted by atomic mass is 10.1. The number of nitro groups is 1. The molecular formula is C16H13N3O5. The van der Waals surface area contributed by atoms with E-state index in [2.05, 4.69) is 10.6 Å². The maximum absolute atomic E-state index is 11.8. The molecule has 8 heteroatoms. The Morgan fingerprint density at radius 2 is 1.50 bits per heavy atom. The van der Waals surface area contributed by atoms with Gasteiger partial charge in [0.25, 0.3) is 5.69 Å². The molecule has 8 nitrogen and oxygen atoms in total. The number of benzene rings is 2. The van der Waals surface area contributed by atoms with Crippen LogP contribution in [0.25, 0.3) is 0 Å². The van der Waals surface area contributed by atoms with Crippen LogP contribution in [0.4, 0.5) is 17.1 Å². The Balaban J connectivity index is 2.02. The second-order valence-corrected chi connectivity index (χ2v) is 4.85. The van der Waals surface area contributed by atoms with E-state index in [1.54, 1.807) is 0 Å². The fourth-order valence-electron chi connectivity index (χ4n) is 1.86. The van der Waals surface area contributed by atoms with E-state index in [1.165, 1.54) is 49.4 Å². The summed E-state index contributed by atoms with van der Waals surface area (Å²) in [5.74, 6) is -2.01. The van der Waals surface area contributed by atoms with Gasteiger partial charge in [0.15, 0.2) is 5.78 Å². The third-order valence-corrected chi connectivity index (χ3v) is 3.07. The minimum atomic E-state index is -0.967. The molecule has 0 radical (unpaired) electrons. The second kappa shape index (κ2) is 7.14. The van der Waals surface area contributed by atoms with Gasteiger partial charge in [-0.3, -0.25) is 24.5 Å². The first-order valence-electron chi connectivity index (χ1n) is 6.84. The van der Waals surface area contributed by atoms with Gasteiger partial charge in [-0.2, -0.15) is 0 Å². The van der Waals surface area contributed by atoms with Crippen molar-refractivity contribution in [3.8, 4) is 0 Å². The molecule has 2 aromatic rings. The average molecular weight is 327 g/mol. The molecule has 0 spiro atoms. The molecule has 0 saturated carbocycles. The molecule has 0 bridgehead atoms. The Kier molecular flexibility index (Phi) is 5.00. The maximum atomic E-state index is 11.8. The number of carbonyl (C=O) groups excluding carboxylic acids is 3. The molecule has 122 valence electrons. The third kappa shape index (κ3) is 4.23. The number of nitrogens with one attached hydrogen (secondary N) is 2. The van der Waals surface area contributed by atoms with Gasteiger partial charge < -0.3 is 10.6 Å². The summed E-state index contributed by atoms with van der Waals surface area (Å²) in [6.45, 7) is 1.42. The number of carbonyl (C=O) groups is 3. The minimum Gasteiger partial charge on any atom is -0.318 e. The van der Waals surface area contributed by atoms with E-state index in [0.717, 1.165) is 6.07 Å². The Morgan fingerprint density at radius 3 is 2.04 bits per heavy atom. The van der Waals surface area contributed by atoms with Gasteiger partial charge in [0.2, 0.25) is 0 Å². The highest BCUT2D eigenvalue weighted by Crippen LogP contribution is 2.17. The van der Waals surface area contributed by atoms with Crippen LogP contribution in [0.1, 0.15) is 17.3 Å². The Morgan fingerprint density at radius 1 is 0.917 bits per heavy atom. The zero-order valence-electron chi connectivity index (χ0n) is 12.6. The molecule has 0 aliphatic rings. The van der Waals surface area contributed by atoms with Crippen LogP contribution in [0.5, 0.6) is 0 Å². The molecule has 0 aliphatic heterocycles. The van der Waals surface area contributed by atoms with Crippen molar-refractivity contribution in [2.75, 3.05) is 10.6 Å². The average Bonchev–Trinajstić information content (AvgIpc) is 2.55. The molecule has 0 fully saturated rings. The number of nitrogens with zero attached hydrogens (tertiary/aromatic N) is 1. The van der Waals surface area contributed by atoms with Crippen molar-refractivity contribution in [1.29, 1.82) is 0 Å². The third-order valence-electron chi connectivity index (χ3n) is 3.07. The van der Waals surface area contributed by atoms with Crippen molar-refractivity contribution in [3.05, 3.63) is 64.2 Å². The Labute approximate surface area is 136 Å². The van der Waals surface area contributed by atoms with Gasteiger partial charge in [-0.15, -0.1) is 0 Å². The molecule has 2 rings (SSSR count). The molecule has 2 amide bonds. The highest BCUT2D eigenvalue weighted by atomic mass is 16.6. The van der Waals surface area contributed by atoms with Crippen molar-refractivity contribution in [3.63, 3.8) is 0 Å². The normalized spacial score (nSPS) is 9.88. The summed E-state index contributed by atoms with van der Waals surface area (Å²) in [5.41, 5.74) is 0.762. The van der Waals surface area contributed by atoms with E-state index < -0.39 is 16.7 Å². The molecule has 0 unspecified atom stereocenters. The first-order chi connectivity index (χ1) is 11.4. The van der Waals surface area contributed by atoms with Gasteiger partial charge in [-0.25, -0.2) is 0 Å². The SMILES string of the molecule is CC(=O)c1ccc(NC(=O)C(=O)Nc2cccc([N+](=O)[O-])c2)cc1. The topological polar surface area (TPSA) is 118 Å². The lowest BCUT2D eigenvalue weighted by molar-refractivity contribution is -0.384. The monoisotopic (exact) mass is 327 g/mol. The number of amides is 2. The van der Waals surface area contributed by atoms with Crippen molar-refractivity contribution in [2.45, 2.75) is 6.92 Å². The quantitative estimate of drug-likeness (QED) is 0.387. The van der Waals surface area contributed by atoms with E-state index in [9.17, 15) is 24.5 Å². The van der Waals surface area contributed by atoms with E-state index in [1.807, 2.05) is 0 Å². The Bertz CT molecular complexity index is 815. The van der Waals surface area contributed by atoms with Crippen LogP contribution in [-0.2, 0) is 9.59 Å². The molecule has 0 heterocycles. The number of hydrogen-bond donors (Lipinski definition) is 2. The molecule has 2 aromatic carbocycles. The highest BCUT2D eigenvalue weighted by Gasteiger charge is 2.15. The zero-order valence-corrected chi connectivity index (χ0v) is 12.6. The number of nitro benzene ring substituents is 1. The van der Waals surface area contributed by atoms with E-state index in [-0.39, 0.29) is 17.2 Å². The van der Waals surface area contributed by atoms with Gasteiger partial charge in [0.1, 0.15) is 0 Å². The minimum absolute atomic E-state index is 0.115. The fraction of sp³-hybridized carbons (Fsp3) is 0.0625. The summed E-state index contributed by atoms with van der Waals surface area (Å²) < 4.78 is 0. The smallest absolute Gasteiger partial charge is 0.314 e. The molecular weight excluding hydrogens is 314 g/mol. The molecule has 0 aliphatic carbocycles. The molecule has 0 saturated heterocycles. The van der Waals surface area contributed by atoms with Crippen LogP contribution < -0.4 is 10.6 Å². The van der Waals surface area contributed by atoms with Crippen molar-refractivity contribution < 1.29 is 19.3 Å². The van der Waals surface area contributed by atoms with Crippen LogP contribution >= 0.6 is 0 Å². The number of hydrogen-bond acceptors (Lipinski definition) is 5. The van der Waals surface area contributed by atoms with Crippen molar-refractivity contribution in [1.82, 2.24) is 0 Å². The van der Waals surface area contributed by atoms with Gasteiger partial charge in [-0.1, -0.05) is 6.07 Å². The van der Waals surface area contributed by atoms with Crippen LogP contribution in [0.3, 0.4) is 0 Å². The van der Waals surface area contributed by atoms with E-state index in [0.29, 0.717) is 11.3 Å². The largest absolute Gasteiger partial charge is 0.318 e. The van der Waals surface area contributed by atoms with E-state index in [4.69, 9.17) is 0 Å². The standard InChI is InChI=1S/C16H13N3O5/c1-10(20)11-5-7-12(8-6-11)17-15(21)16(22)18-13-3-2-4-14(9-13)19(23)24/h2-9H,1H3,(H,17,21)(H,18,22). The number of rotatable bonds is 4. The second-order valence-electron chi connectivity index (χ2n) is 4.85. The summed E-state index contributed by atoms with van der Waals surface area (Å²) in [6.07, 6.45) is 0. The predicted molar refractivity (Wildman–Crippen MR) is 86.8 cm³/mol. The summed E-state index contributed by atoms with van der Waals surface area (Å²) in [6, 6.07) is 11.3. The van der Waals surface area contributed by atoms with Gasteiger partial charge >= 0.3 is 11.8 Å². The van der Waals surface area contributed by atoms with Crippen LogP contribution in [0.2, 0.25) is 0 Å². The first kappa shape index (κ1) is 16.8. The molecule has 2 N–H and O–H groups in total. The van der Waals surface area contributed by atoms with Crippen LogP contribution in [0.15, 0.2) is 48.5 Å². The summed E-state index contributed by atoms with van der Waals surface area (Å²) in [7, 11) is 0. The molecule has 24 heavy (non-hydrogen) atoms. The lowest BCUT2D eigenvalue weighted by Gasteiger charge is -2.07. The lowest BCUT2D eigenvalue weighted by Crippen LogP contribution is -2.29. The summed E-state index contributed by atoms with van der Waals surface area (Å²) >= 11 is 0. The van der Waals surface area contributed by atoms with Gasteiger partial charge in [0, 0.05) is 29.1 Å². The number of ketones is 1. The van der Waals surface area contributed by atoms with Crippen molar-refractivity contribution in [2.24, 2.45) is 0 Å². The number of non-ortho nitro benzene ring substituents is 1. The van der Waals surface area contributed by atoms with Crippen LogP contribution in [0, 0.1) is 10.1 Å². The van der Waals surface area contributed by atoms with Gasteiger partial charge in [-0.05, 0) is 37.3 Å². The van der Waals surface area contributed by atoms with Gasteiger partial charge in [0.05, 0.1) is 4.92 Å².